The fourth-order valence-electron chi connectivity index (χ4n) is 6.60. The summed E-state index contributed by atoms with van der Waals surface area (Å²) in [5, 5.41) is 35.6. The summed E-state index contributed by atoms with van der Waals surface area (Å²) in [5.74, 6) is 0.855. The molecule has 0 saturated carbocycles. The van der Waals surface area contributed by atoms with Crippen molar-refractivity contribution in [3.05, 3.63) is 28.3 Å². The predicted octanol–water partition coefficient (Wildman–Crippen LogP) is 0.300. The summed E-state index contributed by atoms with van der Waals surface area (Å²) in [6.45, 7) is 1.42. The van der Waals surface area contributed by atoms with Crippen LogP contribution in [0.1, 0.15) is 88.8 Å². The average Bonchev–Trinajstić information content (AvgIpc) is 3.77. The van der Waals surface area contributed by atoms with Crippen LogP contribution in [0.15, 0.2) is 17.1 Å². The number of aliphatic hydroxyl groups excluding tert-OH is 2. The van der Waals surface area contributed by atoms with Crippen molar-refractivity contribution >= 4 is 47.4 Å². The molecule has 53 heavy (non-hydrogen) atoms. The van der Waals surface area contributed by atoms with Crippen LogP contribution in [0, 0.1) is 0 Å². The number of carbonyl (C=O) groups is 4. The molecule has 0 aromatic carbocycles. The fraction of sp³-hybridized carbons (Fsp3) is 0.714. The minimum absolute atomic E-state index is 0.00402. The number of amides is 5. The van der Waals surface area contributed by atoms with Gasteiger partial charge in [0.05, 0.1) is 18.7 Å². The predicted molar refractivity (Wildman–Crippen MR) is 200 cm³/mol. The Morgan fingerprint density at radius 3 is 2.26 bits per heavy atom. The molecular formula is C35H56N8O9S. The first kappa shape index (κ1) is 42.0. The number of hydrogen-bond acceptors (Lipinski definition) is 12. The van der Waals surface area contributed by atoms with Gasteiger partial charge in [-0.25, -0.2) is 9.59 Å². The quantitative estimate of drug-likeness (QED) is 0.0554. The zero-order chi connectivity index (χ0) is 38.2. The first-order valence-corrected chi connectivity index (χ1v) is 19.7. The number of thioether (sulfide) groups is 1. The van der Waals surface area contributed by atoms with E-state index in [-0.39, 0.29) is 54.8 Å². The second-order valence-corrected chi connectivity index (χ2v) is 14.9. The molecule has 3 saturated heterocycles. The van der Waals surface area contributed by atoms with E-state index in [0.717, 1.165) is 61.7 Å². The number of hydrogen-bond donors (Lipinski definition) is 8. The van der Waals surface area contributed by atoms with Crippen molar-refractivity contribution in [2.45, 2.75) is 119 Å². The fourth-order valence-corrected chi connectivity index (χ4v) is 8.14. The van der Waals surface area contributed by atoms with E-state index in [1.807, 2.05) is 11.8 Å². The van der Waals surface area contributed by atoms with Gasteiger partial charge in [0.1, 0.15) is 24.1 Å². The second-order valence-electron chi connectivity index (χ2n) is 13.7. The molecule has 4 heterocycles. The Labute approximate surface area is 314 Å². The maximum Gasteiger partial charge on any atom is 0.351 e. The molecule has 1 aromatic rings. The normalized spacial score (nSPS) is 24.9. The van der Waals surface area contributed by atoms with E-state index in [2.05, 4.69) is 31.6 Å². The van der Waals surface area contributed by atoms with Crippen molar-refractivity contribution in [1.29, 1.82) is 0 Å². The number of ether oxygens (including phenoxy) is 2. The van der Waals surface area contributed by atoms with Crippen LogP contribution in [0.25, 0.3) is 6.08 Å². The van der Waals surface area contributed by atoms with E-state index < -0.39 is 30.2 Å². The highest BCUT2D eigenvalue weighted by molar-refractivity contribution is 8.00. The topological polar surface area (TPSA) is 248 Å². The zero-order valence-electron chi connectivity index (χ0n) is 30.4. The van der Waals surface area contributed by atoms with Crippen LogP contribution < -0.4 is 38.0 Å². The van der Waals surface area contributed by atoms with Crippen LogP contribution in [0.3, 0.4) is 0 Å². The van der Waals surface area contributed by atoms with Gasteiger partial charge in [0.25, 0.3) is 0 Å². The summed E-state index contributed by atoms with van der Waals surface area (Å²) in [4.78, 5) is 64.2. The minimum atomic E-state index is -1.37. The van der Waals surface area contributed by atoms with Gasteiger partial charge in [0.2, 0.25) is 17.7 Å². The summed E-state index contributed by atoms with van der Waals surface area (Å²) in [6, 6.07) is 0.358. The molecule has 9 N–H and O–H groups in total. The zero-order valence-corrected chi connectivity index (χ0v) is 31.2. The lowest BCUT2D eigenvalue weighted by Gasteiger charge is -2.18. The summed E-state index contributed by atoms with van der Waals surface area (Å²) in [6.07, 6.45) is 8.80. The summed E-state index contributed by atoms with van der Waals surface area (Å²) < 4.78 is 11.7. The summed E-state index contributed by atoms with van der Waals surface area (Å²) in [5.41, 5.74) is 5.53. The minimum Gasteiger partial charge on any atom is -0.387 e. The molecule has 17 nitrogen and oxygen atoms in total. The number of methoxy groups -OCH3 is 1. The van der Waals surface area contributed by atoms with Gasteiger partial charge in [-0.05, 0) is 38.5 Å². The van der Waals surface area contributed by atoms with Gasteiger partial charge < -0.3 is 52.0 Å². The van der Waals surface area contributed by atoms with Gasteiger partial charge in [0, 0.05) is 68.8 Å². The lowest BCUT2D eigenvalue weighted by molar-refractivity contribution is -0.122. The van der Waals surface area contributed by atoms with Crippen LogP contribution >= 0.6 is 11.8 Å². The van der Waals surface area contributed by atoms with Crippen LogP contribution in [-0.4, -0.2) is 118 Å². The molecule has 3 aliphatic rings. The number of nitrogens with zero attached hydrogens (tertiary/aromatic N) is 2. The van der Waals surface area contributed by atoms with Gasteiger partial charge in [-0.2, -0.15) is 16.7 Å². The van der Waals surface area contributed by atoms with Crippen molar-refractivity contribution < 1.29 is 38.9 Å². The Morgan fingerprint density at radius 1 is 0.962 bits per heavy atom. The maximum absolute atomic E-state index is 12.4. The number of unbranched alkanes of at least 4 members (excludes halogenated alkanes) is 5. The highest BCUT2D eigenvalue weighted by Gasteiger charge is 2.44. The Kier molecular flexibility index (Phi) is 17.3. The molecule has 7 atom stereocenters. The van der Waals surface area contributed by atoms with E-state index in [4.69, 9.17) is 15.2 Å². The summed E-state index contributed by atoms with van der Waals surface area (Å²) in [7, 11) is 1.43. The van der Waals surface area contributed by atoms with Gasteiger partial charge in [-0.1, -0.05) is 31.4 Å². The standard InChI is InChI=1S/C35H56N8O9S/c1-51-20-24-30(47)31(48)33(52-24)43-19-22(32(36)42-35(43)50)11-10-18-39-27(45)14-5-3-8-16-37-26(44)13-4-2-9-17-38-28(46)15-7-6-12-25-29-23(21-53-25)40-34(49)41-29/h10-11,19,23-25,29-31,33,47-48H,2-9,12-18,20-21H2,1H3,(H,37,44)(H,38,46)(H,39,45)(H2,36,42,50)(H2,40,41,49)/b11-10+/t23-,24-,25-,29-,30?,31?,33-/m1/s1. The first-order chi connectivity index (χ1) is 25.6. The lowest BCUT2D eigenvalue weighted by atomic mass is 10.0. The number of aliphatic hydroxyl groups is 2. The molecule has 0 bridgehead atoms. The maximum atomic E-state index is 12.4. The van der Waals surface area contributed by atoms with Gasteiger partial charge >= 0.3 is 11.7 Å². The highest BCUT2D eigenvalue weighted by Crippen LogP contribution is 2.33. The van der Waals surface area contributed by atoms with Crippen LogP contribution in [0.2, 0.25) is 0 Å². The van der Waals surface area contributed by atoms with Gasteiger partial charge in [0.15, 0.2) is 6.23 Å². The molecule has 3 aliphatic heterocycles. The van der Waals surface area contributed by atoms with E-state index >= 15 is 0 Å². The number of carbonyl (C=O) groups excluding carboxylic acids is 4. The summed E-state index contributed by atoms with van der Waals surface area (Å²) >= 11 is 1.89. The lowest BCUT2D eigenvalue weighted by Crippen LogP contribution is -2.36. The van der Waals surface area contributed by atoms with E-state index in [1.165, 1.54) is 13.3 Å². The first-order valence-electron chi connectivity index (χ1n) is 18.6. The molecule has 2 unspecified atom stereocenters. The smallest absolute Gasteiger partial charge is 0.351 e. The van der Waals surface area contributed by atoms with Crippen LogP contribution in [0.4, 0.5) is 10.6 Å². The molecule has 0 radical (unpaired) electrons. The molecule has 18 heteroatoms. The SMILES string of the molecule is COC[C@H]1O[C@@H](n2cc(/C=C/CNC(=O)CCCCCNC(=O)CCCCCNC(=O)CCCC[C@H]3SC[C@H]4NC(=O)N[C@H]43)c(N)nc2=O)C(O)C1O. The van der Waals surface area contributed by atoms with Crippen LogP contribution in [0.5, 0.6) is 0 Å². The number of rotatable bonds is 23. The van der Waals surface area contributed by atoms with Crippen molar-refractivity contribution in [3.63, 3.8) is 0 Å². The Bertz CT molecular complexity index is 1460. The van der Waals surface area contributed by atoms with E-state index in [0.29, 0.717) is 49.6 Å². The van der Waals surface area contributed by atoms with Crippen molar-refractivity contribution in [1.82, 2.24) is 36.1 Å². The number of aromatic nitrogens is 2. The molecule has 5 amide bonds. The molecule has 4 rings (SSSR count). The number of nitrogens with one attached hydrogen (secondary N) is 5. The Hall–Kier alpha value is -3.71. The van der Waals surface area contributed by atoms with Gasteiger partial charge in [-0.15, -0.1) is 0 Å². The molecular weight excluding hydrogens is 708 g/mol. The monoisotopic (exact) mass is 764 g/mol. The third kappa shape index (κ3) is 13.3. The van der Waals surface area contributed by atoms with Crippen molar-refractivity contribution in [2.75, 3.05) is 44.8 Å². The molecule has 296 valence electrons. The number of fused-ring (bicyclic) bond motifs is 1. The number of anilines is 1. The third-order valence-electron chi connectivity index (χ3n) is 9.55. The van der Waals surface area contributed by atoms with E-state index in [1.54, 1.807) is 12.2 Å². The number of nitrogens with two attached hydrogens (primary N) is 1. The van der Waals surface area contributed by atoms with Gasteiger partial charge in [-0.3, -0.25) is 19.0 Å². The number of urea groups is 1. The molecule has 1 aromatic heterocycles. The Balaban J connectivity index is 0.958. The average molecular weight is 765 g/mol. The van der Waals surface area contributed by atoms with E-state index in [9.17, 15) is 34.2 Å². The highest BCUT2D eigenvalue weighted by atomic mass is 32.2. The molecule has 0 aliphatic carbocycles. The Morgan fingerprint density at radius 2 is 1.60 bits per heavy atom. The number of nitrogen functional groups attached to an aromatic ring is 1. The molecule has 3 fully saturated rings. The second kappa shape index (κ2) is 21.9. The van der Waals surface area contributed by atoms with Crippen molar-refractivity contribution in [3.8, 4) is 0 Å². The third-order valence-corrected chi connectivity index (χ3v) is 11.1. The largest absolute Gasteiger partial charge is 0.387 e. The molecule has 0 spiro atoms. The van der Waals surface area contributed by atoms with Crippen molar-refractivity contribution in [2.24, 2.45) is 0 Å². The van der Waals surface area contributed by atoms with Crippen LogP contribution in [-0.2, 0) is 23.9 Å².